The van der Waals surface area contributed by atoms with Gasteiger partial charge in [0.05, 0.1) is 16.3 Å². The normalized spacial score (nSPS) is 16.9. The van der Waals surface area contributed by atoms with Crippen LogP contribution in [0.1, 0.15) is 24.1 Å². The number of pyridine rings is 1. The Morgan fingerprint density at radius 2 is 1.87 bits per heavy atom. The Kier molecular flexibility index (Phi) is 5.72. The SMILES string of the molecule is Cc1cc(C(F)(F)F)cc(N2C(=O)CCC2C(=O)N(C)c2cc(Cl)c(F)cc2F)n1. The Labute approximate surface area is 173 Å². The molecule has 0 radical (unpaired) electrons. The molecule has 1 saturated heterocycles. The predicted octanol–water partition coefficient (Wildman–Crippen LogP) is 4.50. The van der Waals surface area contributed by atoms with E-state index in [-0.39, 0.29) is 30.0 Å². The lowest BCUT2D eigenvalue weighted by Gasteiger charge is -2.28. The number of aromatic nitrogens is 1. The Hall–Kier alpha value is -2.75. The molecule has 5 nitrogen and oxygen atoms in total. The highest BCUT2D eigenvalue weighted by molar-refractivity contribution is 6.31. The molecule has 2 aromatic rings. The maximum Gasteiger partial charge on any atom is 0.416 e. The lowest BCUT2D eigenvalue weighted by molar-refractivity contribution is -0.137. The van der Waals surface area contributed by atoms with Gasteiger partial charge in [-0.3, -0.25) is 14.5 Å². The van der Waals surface area contributed by atoms with Crippen molar-refractivity contribution in [3.05, 3.63) is 52.2 Å². The summed E-state index contributed by atoms with van der Waals surface area (Å²) in [5.41, 5.74) is -1.34. The van der Waals surface area contributed by atoms with Gasteiger partial charge in [-0.1, -0.05) is 11.6 Å². The Balaban J connectivity index is 1.98. The maximum absolute atomic E-state index is 14.2. The van der Waals surface area contributed by atoms with E-state index in [1.54, 1.807) is 0 Å². The van der Waals surface area contributed by atoms with E-state index in [4.69, 9.17) is 11.6 Å². The van der Waals surface area contributed by atoms with Crippen molar-refractivity contribution >= 4 is 34.9 Å². The molecule has 30 heavy (non-hydrogen) atoms. The van der Waals surface area contributed by atoms with Crippen LogP contribution in [0.2, 0.25) is 5.02 Å². The lowest BCUT2D eigenvalue weighted by Crippen LogP contribution is -2.46. The van der Waals surface area contributed by atoms with Crippen molar-refractivity contribution < 1.29 is 31.5 Å². The van der Waals surface area contributed by atoms with Crippen LogP contribution in [0.4, 0.5) is 33.5 Å². The number of amides is 2. The fraction of sp³-hybridized carbons (Fsp3) is 0.316. The number of likely N-dealkylation sites (N-methyl/N-ethyl adjacent to an activating group) is 1. The molecule has 0 spiro atoms. The monoisotopic (exact) mass is 447 g/mol. The van der Waals surface area contributed by atoms with Crippen molar-refractivity contribution in [2.45, 2.75) is 32.0 Å². The minimum absolute atomic E-state index is 0.00444. The minimum Gasteiger partial charge on any atom is -0.311 e. The molecule has 1 aromatic carbocycles. The summed E-state index contributed by atoms with van der Waals surface area (Å²) in [6.07, 6.45) is -4.78. The predicted molar refractivity (Wildman–Crippen MR) is 99.3 cm³/mol. The standard InChI is InChI=1S/C19H15ClF5N3O2/c1-9-5-10(19(23,24)25)6-16(26-9)28-14(3-4-17(28)29)18(30)27(2)15-7-11(20)12(21)8-13(15)22/h5-8,14H,3-4H2,1-2H3. The zero-order valence-electron chi connectivity index (χ0n) is 15.7. The van der Waals surface area contributed by atoms with E-state index in [0.717, 1.165) is 21.9 Å². The minimum atomic E-state index is -4.67. The summed E-state index contributed by atoms with van der Waals surface area (Å²) in [7, 11) is 1.20. The Morgan fingerprint density at radius 3 is 2.50 bits per heavy atom. The Bertz CT molecular complexity index is 1030. The third-order valence-corrected chi connectivity index (χ3v) is 4.98. The number of carbonyl (C=O) groups is 2. The van der Waals surface area contributed by atoms with Gasteiger partial charge in [0.15, 0.2) is 0 Å². The molecule has 1 aliphatic rings. The number of alkyl halides is 3. The molecule has 160 valence electrons. The highest BCUT2D eigenvalue weighted by Crippen LogP contribution is 2.35. The van der Waals surface area contributed by atoms with Crippen LogP contribution in [-0.4, -0.2) is 29.9 Å². The fourth-order valence-corrected chi connectivity index (χ4v) is 3.41. The molecule has 1 aromatic heterocycles. The van der Waals surface area contributed by atoms with Crippen LogP contribution in [0, 0.1) is 18.6 Å². The number of nitrogens with zero attached hydrogens (tertiary/aromatic N) is 3. The number of hydrogen-bond donors (Lipinski definition) is 0. The van der Waals surface area contributed by atoms with Crippen molar-refractivity contribution in [1.82, 2.24) is 4.98 Å². The molecule has 1 unspecified atom stereocenters. The zero-order valence-corrected chi connectivity index (χ0v) is 16.5. The van der Waals surface area contributed by atoms with E-state index in [9.17, 15) is 31.5 Å². The molecule has 1 fully saturated rings. The molecular weight excluding hydrogens is 433 g/mol. The summed E-state index contributed by atoms with van der Waals surface area (Å²) >= 11 is 5.66. The van der Waals surface area contributed by atoms with Gasteiger partial charge in [0.2, 0.25) is 11.8 Å². The quantitative estimate of drug-likeness (QED) is 0.514. The molecule has 2 amide bonds. The highest BCUT2D eigenvalue weighted by Gasteiger charge is 2.41. The van der Waals surface area contributed by atoms with Crippen molar-refractivity contribution in [3.8, 4) is 0 Å². The summed E-state index contributed by atoms with van der Waals surface area (Å²) in [5.74, 6) is -3.77. The van der Waals surface area contributed by atoms with Gasteiger partial charge >= 0.3 is 6.18 Å². The van der Waals surface area contributed by atoms with Crippen molar-refractivity contribution in [3.63, 3.8) is 0 Å². The third kappa shape index (κ3) is 4.09. The van der Waals surface area contributed by atoms with E-state index in [1.165, 1.54) is 14.0 Å². The average Bonchev–Trinajstić information content (AvgIpc) is 3.03. The first kappa shape index (κ1) is 21.9. The van der Waals surface area contributed by atoms with E-state index in [2.05, 4.69) is 4.98 Å². The number of benzene rings is 1. The van der Waals surface area contributed by atoms with Gasteiger partial charge in [-0.25, -0.2) is 13.8 Å². The van der Waals surface area contributed by atoms with Crippen LogP contribution in [-0.2, 0) is 15.8 Å². The number of carbonyl (C=O) groups excluding carboxylic acids is 2. The average molecular weight is 448 g/mol. The maximum atomic E-state index is 14.2. The summed E-state index contributed by atoms with van der Waals surface area (Å²) in [6, 6.07) is 1.73. The molecule has 1 atom stereocenters. The van der Waals surface area contributed by atoms with Crippen LogP contribution in [0.3, 0.4) is 0 Å². The van der Waals surface area contributed by atoms with Gasteiger partial charge in [0.25, 0.3) is 0 Å². The summed E-state index contributed by atoms with van der Waals surface area (Å²) < 4.78 is 67.0. The highest BCUT2D eigenvalue weighted by atomic mass is 35.5. The van der Waals surface area contributed by atoms with Crippen LogP contribution in [0.5, 0.6) is 0 Å². The van der Waals surface area contributed by atoms with Crippen molar-refractivity contribution in [2.24, 2.45) is 0 Å². The largest absolute Gasteiger partial charge is 0.416 e. The van der Waals surface area contributed by atoms with E-state index >= 15 is 0 Å². The van der Waals surface area contributed by atoms with Crippen LogP contribution >= 0.6 is 11.6 Å². The first-order valence-corrected chi connectivity index (χ1v) is 9.08. The van der Waals surface area contributed by atoms with E-state index in [1.807, 2.05) is 0 Å². The second-order valence-electron chi connectivity index (χ2n) is 6.79. The second kappa shape index (κ2) is 7.82. The first-order valence-electron chi connectivity index (χ1n) is 8.70. The smallest absolute Gasteiger partial charge is 0.311 e. The lowest BCUT2D eigenvalue weighted by atomic mass is 10.1. The van der Waals surface area contributed by atoms with Gasteiger partial charge in [-0.2, -0.15) is 13.2 Å². The fourth-order valence-electron chi connectivity index (χ4n) is 3.25. The van der Waals surface area contributed by atoms with Crippen LogP contribution in [0.25, 0.3) is 0 Å². The second-order valence-corrected chi connectivity index (χ2v) is 7.19. The number of aryl methyl sites for hydroxylation is 1. The van der Waals surface area contributed by atoms with Gasteiger partial charge in [-0.05, 0) is 31.5 Å². The zero-order chi connectivity index (χ0) is 22.4. The van der Waals surface area contributed by atoms with Crippen LogP contribution in [0.15, 0.2) is 24.3 Å². The molecule has 2 heterocycles. The Morgan fingerprint density at radius 1 is 1.20 bits per heavy atom. The number of hydrogen-bond acceptors (Lipinski definition) is 3. The van der Waals surface area contributed by atoms with E-state index < -0.39 is 46.3 Å². The van der Waals surface area contributed by atoms with Gasteiger partial charge in [0.1, 0.15) is 23.5 Å². The third-order valence-electron chi connectivity index (χ3n) is 4.69. The summed E-state index contributed by atoms with van der Waals surface area (Å²) in [4.78, 5) is 31.0. The molecule has 3 rings (SSSR count). The molecule has 0 bridgehead atoms. The van der Waals surface area contributed by atoms with Crippen molar-refractivity contribution in [2.75, 3.05) is 16.8 Å². The first-order chi connectivity index (χ1) is 13.9. The molecule has 0 N–H and O–H groups in total. The van der Waals surface area contributed by atoms with Crippen LogP contribution < -0.4 is 9.80 Å². The summed E-state index contributed by atoms with van der Waals surface area (Å²) in [5, 5.41) is -0.416. The van der Waals surface area contributed by atoms with Gasteiger partial charge in [-0.15, -0.1) is 0 Å². The number of anilines is 2. The van der Waals surface area contributed by atoms with Gasteiger partial charge in [0, 0.05) is 25.2 Å². The van der Waals surface area contributed by atoms with Gasteiger partial charge < -0.3 is 4.90 Å². The molecular formula is C19H15ClF5N3O2. The molecule has 0 aliphatic carbocycles. The number of rotatable bonds is 3. The topological polar surface area (TPSA) is 53.5 Å². The number of halogens is 6. The molecule has 1 aliphatic heterocycles. The van der Waals surface area contributed by atoms with E-state index in [0.29, 0.717) is 12.1 Å². The van der Waals surface area contributed by atoms with Crippen molar-refractivity contribution in [1.29, 1.82) is 0 Å². The summed E-state index contributed by atoms with van der Waals surface area (Å²) in [6.45, 7) is 1.33. The molecule has 11 heteroatoms. The molecule has 0 saturated carbocycles.